The summed E-state index contributed by atoms with van der Waals surface area (Å²) in [6.45, 7) is 1.42. The Hall–Kier alpha value is -0.710. The minimum absolute atomic E-state index is 0.136. The summed E-state index contributed by atoms with van der Waals surface area (Å²) in [5, 5.41) is 8.62. The summed E-state index contributed by atoms with van der Waals surface area (Å²) in [6.07, 6.45) is 2.89. The third-order valence-corrected chi connectivity index (χ3v) is 2.09. The number of allylic oxidation sites excluding steroid dienone is 1. The number of Topliss-reactive ketones (excluding diaryl/α,β-unsaturated/α-hetero) is 1. The molecule has 0 saturated heterocycles. The highest BCUT2D eigenvalue weighted by Crippen LogP contribution is 2.34. The first-order valence-electron chi connectivity index (χ1n) is 3.75. The first-order valence-corrected chi connectivity index (χ1v) is 3.75. The van der Waals surface area contributed by atoms with Crippen LogP contribution in [0.1, 0.15) is 19.8 Å². The van der Waals surface area contributed by atoms with Crippen molar-refractivity contribution >= 4 is 5.78 Å². The van der Waals surface area contributed by atoms with Gasteiger partial charge in [0, 0.05) is 13.5 Å². The van der Waals surface area contributed by atoms with Crippen molar-refractivity contribution in [2.24, 2.45) is 0 Å². The monoisotopic (exact) mass is 172 g/mol. The van der Waals surface area contributed by atoms with E-state index < -0.39 is 5.79 Å². The zero-order valence-electron chi connectivity index (χ0n) is 7.16. The van der Waals surface area contributed by atoms with E-state index >= 15 is 0 Å². The van der Waals surface area contributed by atoms with Crippen LogP contribution in [0.2, 0.25) is 0 Å². The maximum Gasteiger partial charge on any atom is 0.230 e. The Morgan fingerprint density at radius 3 is 2.75 bits per heavy atom. The average molecular weight is 172 g/mol. The zero-order valence-corrected chi connectivity index (χ0v) is 7.16. The summed E-state index contributed by atoms with van der Waals surface area (Å²) in [6, 6.07) is 0. The minimum atomic E-state index is -1.22. The molecule has 0 aromatic rings. The Kier molecular flexibility index (Phi) is 2.62. The van der Waals surface area contributed by atoms with Gasteiger partial charge in [0.05, 0.1) is 5.57 Å². The molecule has 0 spiro atoms. The first kappa shape index (κ1) is 9.38. The van der Waals surface area contributed by atoms with Crippen LogP contribution < -0.4 is 0 Å². The number of rotatable bonds is 3. The molecule has 0 bridgehead atoms. The van der Waals surface area contributed by atoms with Gasteiger partial charge in [-0.1, -0.05) is 6.08 Å². The van der Waals surface area contributed by atoms with E-state index in [4.69, 9.17) is 9.99 Å². The fourth-order valence-corrected chi connectivity index (χ4v) is 1.45. The predicted octanol–water partition coefficient (Wildman–Crippen LogP) is 1.13. The van der Waals surface area contributed by atoms with E-state index in [9.17, 15) is 4.79 Å². The number of carbonyl (C=O) groups excluding carboxylic acids is 1. The standard InChI is InChI=1S/C8H12O4/c1-6(9)7-4-3-5-8(7,11-2)12-10/h4,10H,3,5H2,1-2H3. The summed E-state index contributed by atoms with van der Waals surface area (Å²) in [5.41, 5.74) is 0.396. The van der Waals surface area contributed by atoms with Crippen LogP contribution >= 0.6 is 0 Å². The van der Waals surface area contributed by atoms with E-state index in [-0.39, 0.29) is 5.78 Å². The molecule has 0 saturated carbocycles. The summed E-state index contributed by atoms with van der Waals surface area (Å²) in [4.78, 5) is 15.3. The molecule has 1 aliphatic rings. The van der Waals surface area contributed by atoms with Crippen molar-refractivity contribution in [2.45, 2.75) is 25.6 Å². The Bertz CT molecular complexity index is 215. The van der Waals surface area contributed by atoms with Crippen LogP contribution in [0.3, 0.4) is 0 Å². The van der Waals surface area contributed by atoms with Gasteiger partial charge in [-0.2, -0.15) is 4.89 Å². The van der Waals surface area contributed by atoms with Crippen molar-refractivity contribution in [1.82, 2.24) is 0 Å². The van der Waals surface area contributed by atoms with Gasteiger partial charge in [-0.25, -0.2) is 5.26 Å². The highest BCUT2D eigenvalue weighted by molar-refractivity contribution is 5.95. The molecule has 0 aliphatic heterocycles. The van der Waals surface area contributed by atoms with Gasteiger partial charge in [-0.15, -0.1) is 0 Å². The van der Waals surface area contributed by atoms with Gasteiger partial charge in [-0.3, -0.25) is 4.79 Å². The van der Waals surface area contributed by atoms with E-state index in [1.165, 1.54) is 14.0 Å². The third-order valence-electron chi connectivity index (χ3n) is 2.09. The zero-order chi connectivity index (χ0) is 9.19. The Morgan fingerprint density at radius 2 is 2.42 bits per heavy atom. The number of ketones is 1. The number of hydrogen-bond donors (Lipinski definition) is 1. The second kappa shape index (κ2) is 3.35. The van der Waals surface area contributed by atoms with Crippen molar-refractivity contribution < 1.29 is 19.7 Å². The molecule has 1 aliphatic carbocycles. The molecule has 1 rings (SSSR count). The average Bonchev–Trinajstić information content (AvgIpc) is 2.48. The largest absolute Gasteiger partial charge is 0.347 e. The lowest BCUT2D eigenvalue weighted by atomic mass is 10.1. The van der Waals surface area contributed by atoms with Gasteiger partial charge in [0.2, 0.25) is 5.79 Å². The van der Waals surface area contributed by atoms with Crippen molar-refractivity contribution in [3.63, 3.8) is 0 Å². The van der Waals surface area contributed by atoms with Crippen molar-refractivity contribution in [2.75, 3.05) is 7.11 Å². The number of hydrogen-bond acceptors (Lipinski definition) is 4. The minimum Gasteiger partial charge on any atom is -0.347 e. The van der Waals surface area contributed by atoms with Gasteiger partial charge in [0.15, 0.2) is 5.78 Å². The highest BCUT2D eigenvalue weighted by Gasteiger charge is 2.41. The van der Waals surface area contributed by atoms with E-state index in [1.54, 1.807) is 6.08 Å². The van der Waals surface area contributed by atoms with Gasteiger partial charge >= 0.3 is 0 Å². The Balaban J connectivity index is 2.91. The summed E-state index contributed by atoms with van der Waals surface area (Å²) < 4.78 is 4.96. The molecule has 0 heterocycles. The van der Waals surface area contributed by atoms with E-state index in [2.05, 4.69) is 4.89 Å². The van der Waals surface area contributed by atoms with Crippen molar-refractivity contribution in [1.29, 1.82) is 0 Å². The maximum atomic E-state index is 11.0. The molecule has 0 fully saturated rings. The van der Waals surface area contributed by atoms with Crippen molar-refractivity contribution in [3.8, 4) is 0 Å². The van der Waals surface area contributed by atoms with Crippen LogP contribution in [-0.2, 0) is 14.4 Å². The molecular formula is C8H12O4. The van der Waals surface area contributed by atoms with Crippen molar-refractivity contribution in [3.05, 3.63) is 11.6 Å². The lowest BCUT2D eigenvalue weighted by molar-refractivity contribution is -0.381. The molecule has 0 aromatic heterocycles. The summed E-state index contributed by atoms with van der Waals surface area (Å²) in [7, 11) is 1.40. The quantitative estimate of drug-likeness (QED) is 0.394. The number of carbonyl (C=O) groups is 1. The second-order valence-corrected chi connectivity index (χ2v) is 2.76. The van der Waals surface area contributed by atoms with Gasteiger partial charge in [-0.05, 0) is 13.3 Å². The lowest BCUT2D eigenvalue weighted by Crippen LogP contribution is -2.35. The van der Waals surface area contributed by atoms with Gasteiger partial charge < -0.3 is 4.74 Å². The maximum absolute atomic E-state index is 11.0. The smallest absolute Gasteiger partial charge is 0.230 e. The Labute approximate surface area is 70.7 Å². The van der Waals surface area contributed by atoms with E-state index in [0.29, 0.717) is 18.4 Å². The highest BCUT2D eigenvalue weighted by atomic mass is 17.1. The van der Waals surface area contributed by atoms with Gasteiger partial charge in [0.1, 0.15) is 0 Å². The normalized spacial score (nSPS) is 28.8. The van der Waals surface area contributed by atoms with Crippen LogP contribution in [0.15, 0.2) is 11.6 Å². The second-order valence-electron chi connectivity index (χ2n) is 2.76. The molecule has 1 atom stereocenters. The molecule has 1 unspecified atom stereocenters. The first-order chi connectivity index (χ1) is 5.66. The molecule has 0 radical (unpaired) electrons. The molecule has 0 amide bonds. The topological polar surface area (TPSA) is 55.8 Å². The fourth-order valence-electron chi connectivity index (χ4n) is 1.45. The van der Waals surface area contributed by atoms with Crippen LogP contribution in [0, 0.1) is 0 Å². The van der Waals surface area contributed by atoms with Crippen LogP contribution in [0.25, 0.3) is 0 Å². The molecule has 4 nitrogen and oxygen atoms in total. The number of methoxy groups -OCH3 is 1. The predicted molar refractivity (Wildman–Crippen MR) is 41.5 cm³/mol. The molecule has 0 aromatic carbocycles. The molecule has 12 heavy (non-hydrogen) atoms. The van der Waals surface area contributed by atoms with E-state index in [1.807, 2.05) is 0 Å². The number of ether oxygens (including phenoxy) is 1. The van der Waals surface area contributed by atoms with Crippen LogP contribution in [-0.4, -0.2) is 23.9 Å². The van der Waals surface area contributed by atoms with E-state index in [0.717, 1.165) is 0 Å². The summed E-state index contributed by atoms with van der Waals surface area (Å²) in [5.74, 6) is -1.35. The SMILES string of the molecule is COC1(OO)CCC=C1C(C)=O. The van der Waals surface area contributed by atoms with Crippen LogP contribution in [0.4, 0.5) is 0 Å². The molecular weight excluding hydrogens is 160 g/mol. The Morgan fingerprint density at radius 1 is 1.75 bits per heavy atom. The molecule has 1 N–H and O–H groups in total. The van der Waals surface area contributed by atoms with Crippen LogP contribution in [0.5, 0.6) is 0 Å². The fraction of sp³-hybridized carbons (Fsp3) is 0.625. The van der Waals surface area contributed by atoms with Gasteiger partial charge in [0.25, 0.3) is 0 Å². The molecule has 4 heteroatoms. The third kappa shape index (κ3) is 1.29. The lowest BCUT2D eigenvalue weighted by Gasteiger charge is -2.25. The molecule has 68 valence electrons. The summed E-state index contributed by atoms with van der Waals surface area (Å²) >= 11 is 0.